The normalized spacial score (nSPS) is 10.1. The highest BCUT2D eigenvalue weighted by Gasteiger charge is 2.12. The van der Waals surface area contributed by atoms with E-state index in [1.165, 1.54) is 24.3 Å². The lowest BCUT2D eigenvalue weighted by molar-refractivity contribution is 0.459. The minimum Gasteiger partial charge on any atom is -0.438 e. The first kappa shape index (κ1) is 12.0. The van der Waals surface area contributed by atoms with E-state index in [2.05, 4.69) is 4.98 Å². The van der Waals surface area contributed by atoms with Crippen molar-refractivity contribution < 1.29 is 9.13 Å². The topological polar surface area (TPSA) is 72.0 Å². The van der Waals surface area contributed by atoms with Crippen LogP contribution in [0, 0.1) is 18.2 Å². The van der Waals surface area contributed by atoms with Gasteiger partial charge in [-0.2, -0.15) is 0 Å². The summed E-state index contributed by atoms with van der Waals surface area (Å²) in [5.74, 6) is 0.232. The van der Waals surface area contributed by atoms with Gasteiger partial charge < -0.3 is 10.5 Å². The van der Waals surface area contributed by atoms with Crippen molar-refractivity contribution in [3.05, 3.63) is 53.5 Å². The predicted octanol–water partition coefficient (Wildman–Crippen LogP) is 2.61. The molecule has 0 amide bonds. The number of nitrogens with two attached hydrogens (primary N) is 1. The van der Waals surface area contributed by atoms with Crippen molar-refractivity contribution in [2.24, 2.45) is 5.73 Å². The number of nitrogens with one attached hydrogen (secondary N) is 1. The maximum Gasteiger partial charge on any atom is 0.230 e. The molecule has 0 saturated carbocycles. The Morgan fingerprint density at radius 1 is 1.28 bits per heavy atom. The van der Waals surface area contributed by atoms with Crippen molar-refractivity contribution in [1.82, 2.24) is 4.98 Å². The smallest absolute Gasteiger partial charge is 0.230 e. The number of rotatable bonds is 3. The summed E-state index contributed by atoms with van der Waals surface area (Å²) < 4.78 is 18.3. The van der Waals surface area contributed by atoms with E-state index in [4.69, 9.17) is 15.9 Å². The van der Waals surface area contributed by atoms with Gasteiger partial charge >= 0.3 is 0 Å². The zero-order valence-corrected chi connectivity index (χ0v) is 9.77. The van der Waals surface area contributed by atoms with Gasteiger partial charge in [0.25, 0.3) is 0 Å². The predicted molar refractivity (Wildman–Crippen MR) is 66.5 cm³/mol. The van der Waals surface area contributed by atoms with Gasteiger partial charge in [0, 0.05) is 6.20 Å². The first-order chi connectivity index (χ1) is 8.58. The number of hydrogen-bond acceptors (Lipinski definition) is 3. The van der Waals surface area contributed by atoms with E-state index >= 15 is 0 Å². The zero-order chi connectivity index (χ0) is 13.1. The van der Waals surface area contributed by atoms with Gasteiger partial charge in [-0.15, -0.1) is 0 Å². The van der Waals surface area contributed by atoms with E-state index in [0.29, 0.717) is 11.3 Å². The molecule has 18 heavy (non-hydrogen) atoms. The number of benzene rings is 1. The third-order valence-electron chi connectivity index (χ3n) is 2.42. The summed E-state index contributed by atoms with van der Waals surface area (Å²) in [7, 11) is 0. The summed E-state index contributed by atoms with van der Waals surface area (Å²) in [6.07, 6.45) is 1.57. The molecule has 0 radical (unpaired) electrons. The lowest BCUT2D eigenvalue weighted by Gasteiger charge is -2.10. The van der Waals surface area contributed by atoms with E-state index < -0.39 is 0 Å². The number of aryl methyl sites for hydroxylation is 1. The average Bonchev–Trinajstić information content (AvgIpc) is 2.32. The standard InChI is InChI=1S/C13H12FN3O/c1-8-6-7-17-13(11(8)12(15)16)18-10-4-2-9(14)3-5-10/h2-7H,1H3,(H3,15,16). The van der Waals surface area contributed by atoms with Crippen LogP contribution in [0.1, 0.15) is 11.1 Å². The highest BCUT2D eigenvalue weighted by molar-refractivity contribution is 5.98. The van der Waals surface area contributed by atoms with Gasteiger partial charge in [0.15, 0.2) is 0 Å². The maximum absolute atomic E-state index is 12.8. The molecule has 0 unspecified atom stereocenters. The zero-order valence-electron chi connectivity index (χ0n) is 9.77. The number of aromatic nitrogens is 1. The molecular weight excluding hydrogens is 233 g/mol. The summed E-state index contributed by atoms with van der Waals surface area (Å²) in [5, 5.41) is 7.51. The van der Waals surface area contributed by atoms with Crippen LogP contribution in [0.25, 0.3) is 0 Å². The van der Waals surface area contributed by atoms with Gasteiger partial charge in [-0.25, -0.2) is 9.37 Å². The molecule has 0 atom stereocenters. The second-order valence-corrected chi connectivity index (χ2v) is 3.78. The molecule has 0 aliphatic carbocycles. The van der Waals surface area contributed by atoms with Crippen LogP contribution < -0.4 is 10.5 Å². The summed E-state index contributed by atoms with van der Waals surface area (Å²) in [6.45, 7) is 1.82. The van der Waals surface area contributed by atoms with Crippen molar-refractivity contribution >= 4 is 5.84 Å². The van der Waals surface area contributed by atoms with Crippen LogP contribution in [-0.4, -0.2) is 10.8 Å². The summed E-state index contributed by atoms with van der Waals surface area (Å²) in [6, 6.07) is 7.30. The van der Waals surface area contributed by atoms with Crippen LogP contribution in [-0.2, 0) is 0 Å². The lowest BCUT2D eigenvalue weighted by Crippen LogP contribution is -2.14. The van der Waals surface area contributed by atoms with E-state index in [9.17, 15) is 4.39 Å². The van der Waals surface area contributed by atoms with Gasteiger partial charge in [0.1, 0.15) is 17.4 Å². The molecule has 3 N–H and O–H groups in total. The minimum absolute atomic E-state index is 0.113. The SMILES string of the molecule is Cc1ccnc(Oc2ccc(F)cc2)c1C(=N)N. The van der Waals surface area contributed by atoms with Crippen molar-refractivity contribution in [2.75, 3.05) is 0 Å². The summed E-state index contributed by atoms with van der Waals surface area (Å²) in [4.78, 5) is 4.04. The fourth-order valence-electron chi connectivity index (χ4n) is 1.55. The van der Waals surface area contributed by atoms with Crippen LogP contribution in [0.3, 0.4) is 0 Å². The van der Waals surface area contributed by atoms with E-state index in [1.54, 1.807) is 12.3 Å². The molecule has 1 aromatic carbocycles. The van der Waals surface area contributed by atoms with Gasteiger partial charge in [0.05, 0.1) is 5.56 Å². The van der Waals surface area contributed by atoms with Crippen molar-refractivity contribution in [1.29, 1.82) is 5.41 Å². The molecule has 0 spiro atoms. The molecule has 4 nitrogen and oxygen atoms in total. The number of pyridine rings is 1. The lowest BCUT2D eigenvalue weighted by atomic mass is 10.1. The molecule has 2 rings (SSSR count). The van der Waals surface area contributed by atoms with Gasteiger partial charge in [-0.3, -0.25) is 5.41 Å². The van der Waals surface area contributed by atoms with Crippen LogP contribution in [0.15, 0.2) is 36.5 Å². The van der Waals surface area contributed by atoms with E-state index in [-0.39, 0.29) is 17.5 Å². The van der Waals surface area contributed by atoms with Crippen molar-refractivity contribution in [3.63, 3.8) is 0 Å². The van der Waals surface area contributed by atoms with E-state index in [1.807, 2.05) is 6.92 Å². The fraction of sp³-hybridized carbons (Fsp3) is 0.0769. The molecule has 0 saturated heterocycles. The Kier molecular flexibility index (Phi) is 3.23. The highest BCUT2D eigenvalue weighted by Crippen LogP contribution is 2.24. The number of amidine groups is 1. The number of ether oxygens (including phenoxy) is 1. The molecule has 5 heteroatoms. The molecule has 0 aliphatic rings. The Morgan fingerprint density at radius 2 is 1.94 bits per heavy atom. The average molecular weight is 245 g/mol. The Morgan fingerprint density at radius 3 is 2.56 bits per heavy atom. The number of nitrogens with zero attached hydrogens (tertiary/aromatic N) is 1. The molecule has 92 valence electrons. The second-order valence-electron chi connectivity index (χ2n) is 3.78. The Bertz CT molecular complexity index is 581. The third kappa shape index (κ3) is 2.45. The van der Waals surface area contributed by atoms with Crippen LogP contribution in [0.4, 0.5) is 4.39 Å². The molecule has 1 aromatic heterocycles. The Hall–Kier alpha value is -2.43. The Balaban J connectivity index is 2.37. The molecule has 2 aromatic rings. The van der Waals surface area contributed by atoms with Gasteiger partial charge in [0.2, 0.25) is 5.88 Å². The second kappa shape index (κ2) is 4.83. The first-order valence-corrected chi connectivity index (χ1v) is 5.31. The third-order valence-corrected chi connectivity index (χ3v) is 2.42. The number of hydrogen-bond donors (Lipinski definition) is 2. The fourth-order valence-corrected chi connectivity index (χ4v) is 1.55. The summed E-state index contributed by atoms with van der Waals surface area (Å²) >= 11 is 0. The van der Waals surface area contributed by atoms with Crippen LogP contribution >= 0.6 is 0 Å². The Labute approximate surface area is 104 Å². The molecule has 1 heterocycles. The van der Waals surface area contributed by atoms with Crippen LogP contribution in [0.5, 0.6) is 11.6 Å². The van der Waals surface area contributed by atoms with Crippen molar-refractivity contribution in [2.45, 2.75) is 6.92 Å². The van der Waals surface area contributed by atoms with E-state index in [0.717, 1.165) is 5.56 Å². The molecule has 0 fully saturated rings. The van der Waals surface area contributed by atoms with Crippen LogP contribution in [0.2, 0.25) is 0 Å². The van der Waals surface area contributed by atoms with Crippen molar-refractivity contribution in [3.8, 4) is 11.6 Å². The molecule has 0 aliphatic heterocycles. The minimum atomic E-state index is -0.341. The number of halogens is 1. The maximum atomic E-state index is 12.8. The summed E-state index contributed by atoms with van der Waals surface area (Å²) in [5.41, 5.74) is 6.74. The number of nitrogen functional groups attached to an aromatic ring is 1. The highest BCUT2D eigenvalue weighted by atomic mass is 19.1. The molecular formula is C13H12FN3O. The quantitative estimate of drug-likeness (QED) is 0.645. The largest absolute Gasteiger partial charge is 0.438 e. The monoisotopic (exact) mass is 245 g/mol. The first-order valence-electron chi connectivity index (χ1n) is 5.31. The molecule has 0 bridgehead atoms. The van der Waals surface area contributed by atoms with Gasteiger partial charge in [-0.1, -0.05) is 0 Å². The van der Waals surface area contributed by atoms with Gasteiger partial charge in [-0.05, 0) is 42.8 Å².